The van der Waals surface area contributed by atoms with Crippen LogP contribution in [0.2, 0.25) is 0 Å². The monoisotopic (exact) mass is 347 g/mol. The van der Waals surface area contributed by atoms with Crippen LogP contribution in [-0.2, 0) is 11.2 Å². The van der Waals surface area contributed by atoms with Gasteiger partial charge in [0.15, 0.2) is 0 Å². The molecule has 1 fully saturated rings. The van der Waals surface area contributed by atoms with E-state index < -0.39 is 12.1 Å². The molecule has 0 saturated carbocycles. The minimum Gasteiger partial charge on any atom is -0.508 e. The fraction of sp³-hybridized carbons (Fsp3) is 0.200. The van der Waals surface area contributed by atoms with Crippen molar-refractivity contribution in [3.63, 3.8) is 0 Å². The quantitative estimate of drug-likeness (QED) is 0.665. The van der Waals surface area contributed by atoms with Crippen LogP contribution in [0.4, 0.5) is 4.79 Å². The van der Waals surface area contributed by atoms with Crippen molar-refractivity contribution in [3.05, 3.63) is 65.4 Å². The van der Waals surface area contributed by atoms with Crippen LogP contribution in [0.3, 0.4) is 0 Å². The van der Waals surface area contributed by atoms with Gasteiger partial charge >= 0.3 is 6.03 Å². The first-order chi connectivity index (χ1) is 12.6. The number of likely N-dealkylation sites (N-methyl/N-ethyl adjacent to an activating group) is 1. The number of aromatic nitrogens is 1. The first-order valence-electron chi connectivity index (χ1n) is 8.54. The Morgan fingerprint density at radius 2 is 1.92 bits per heavy atom. The summed E-state index contributed by atoms with van der Waals surface area (Å²) < 4.78 is 0. The Kier molecular flexibility index (Phi) is 2.95. The van der Waals surface area contributed by atoms with Gasteiger partial charge in [-0.05, 0) is 29.3 Å². The molecule has 2 unspecified atom stereocenters. The lowest BCUT2D eigenvalue weighted by molar-refractivity contribution is -0.127. The largest absolute Gasteiger partial charge is 0.508 e. The number of hydrogen-bond acceptors (Lipinski definition) is 3. The second-order valence-corrected chi connectivity index (χ2v) is 6.87. The van der Waals surface area contributed by atoms with Crippen molar-refractivity contribution in [3.8, 4) is 5.75 Å². The van der Waals surface area contributed by atoms with E-state index in [2.05, 4.69) is 4.98 Å². The van der Waals surface area contributed by atoms with E-state index in [-0.39, 0.29) is 17.7 Å². The SMILES string of the molecule is CN1C(=O)C2Cc3c([nH]c4ccccc34)C(c3cccc(O)c3)N2C1=O. The summed E-state index contributed by atoms with van der Waals surface area (Å²) in [7, 11) is 1.52. The number of hydrogen-bond donors (Lipinski definition) is 2. The van der Waals surface area contributed by atoms with Crippen LogP contribution < -0.4 is 0 Å². The van der Waals surface area contributed by atoms with E-state index in [1.54, 1.807) is 23.1 Å². The number of amides is 3. The van der Waals surface area contributed by atoms with Crippen molar-refractivity contribution >= 4 is 22.8 Å². The highest BCUT2D eigenvalue weighted by Gasteiger charge is 2.51. The molecule has 26 heavy (non-hydrogen) atoms. The minimum atomic E-state index is -0.522. The molecule has 2 aliphatic rings. The van der Waals surface area contributed by atoms with Crippen molar-refractivity contribution in [2.75, 3.05) is 7.05 Å². The normalized spacial score (nSPS) is 22.0. The Morgan fingerprint density at radius 3 is 2.73 bits per heavy atom. The van der Waals surface area contributed by atoms with E-state index in [0.717, 1.165) is 27.7 Å². The summed E-state index contributed by atoms with van der Waals surface area (Å²) in [6, 6.07) is 13.6. The van der Waals surface area contributed by atoms with Gasteiger partial charge in [0.2, 0.25) is 0 Å². The lowest BCUT2D eigenvalue weighted by atomic mass is 9.89. The fourth-order valence-corrected chi connectivity index (χ4v) is 4.25. The molecular weight excluding hydrogens is 330 g/mol. The molecule has 130 valence electrons. The maximum atomic E-state index is 12.8. The van der Waals surface area contributed by atoms with Crippen LogP contribution in [-0.4, -0.2) is 44.9 Å². The number of fused-ring (bicyclic) bond motifs is 4. The molecule has 6 heteroatoms. The van der Waals surface area contributed by atoms with Crippen LogP contribution in [0.5, 0.6) is 5.75 Å². The molecule has 3 heterocycles. The Balaban J connectivity index is 1.79. The summed E-state index contributed by atoms with van der Waals surface area (Å²) in [5.41, 5.74) is 3.73. The molecule has 1 aromatic heterocycles. The molecule has 5 rings (SSSR count). The number of benzene rings is 2. The average molecular weight is 347 g/mol. The van der Waals surface area contributed by atoms with E-state index in [1.165, 1.54) is 11.9 Å². The summed E-state index contributed by atoms with van der Waals surface area (Å²) in [5, 5.41) is 11.0. The van der Waals surface area contributed by atoms with E-state index in [4.69, 9.17) is 0 Å². The number of nitrogens with zero attached hydrogens (tertiary/aromatic N) is 2. The Labute approximate surface area is 149 Å². The summed E-state index contributed by atoms with van der Waals surface area (Å²) >= 11 is 0. The Morgan fingerprint density at radius 1 is 1.12 bits per heavy atom. The third kappa shape index (κ3) is 1.87. The molecule has 2 aromatic carbocycles. The van der Waals surface area contributed by atoms with Gasteiger partial charge in [-0.25, -0.2) is 4.79 Å². The molecule has 2 N–H and O–H groups in total. The number of phenols is 1. The number of nitrogens with one attached hydrogen (secondary N) is 1. The lowest BCUT2D eigenvalue weighted by Gasteiger charge is -2.36. The summed E-state index contributed by atoms with van der Waals surface area (Å²) in [6.07, 6.45) is 0.490. The molecule has 2 aliphatic heterocycles. The van der Waals surface area contributed by atoms with Gasteiger partial charge < -0.3 is 10.1 Å². The third-order valence-corrected chi connectivity index (χ3v) is 5.44. The number of H-pyrrole nitrogens is 1. The van der Waals surface area contributed by atoms with Crippen LogP contribution in [0.1, 0.15) is 22.9 Å². The zero-order valence-electron chi connectivity index (χ0n) is 14.1. The van der Waals surface area contributed by atoms with Crippen molar-refractivity contribution in [1.82, 2.24) is 14.8 Å². The molecule has 0 bridgehead atoms. The van der Waals surface area contributed by atoms with Crippen molar-refractivity contribution < 1.29 is 14.7 Å². The zero-order valence-corrected chi connectivity index (χ0v) is 14.1. The third-order valence-electron chi connectivity index (χ3n) is 5.44. The van der Waals surface area contributed by atoms with Gasteiger partial charge in [-0.2, -0.15) is 0 Å². The fourth-order valence-electron chi connectivity index (χ4n) is 4.25. The van der Waals surface area contributed by atoms with E-state index in [9.17, 15) is 14.7 Å². The number of para-hydroxylation sites is 1. The highest BCUT2D eigenvalue weighted by molar-refractivity contribution is 6.05. The van der Waals surface area contributed by atoms with Crippen LogP contribution >= 0.6 is 0 Å². The molecule has 1 saturated heterocycles. The molecule has 0 aliphatic carbocycles. The van der Waals surface area contributed by atoms with Crippen LogP contribution in [0.15, 0.2) is 48.5 Å². The number of phenolic OH excluding ortho intramolecular Hbond substituents is 1. The minimum absolute atomic E-state index is 0.133. The number of aromatic hydroxyl groups is 1. The summed E-state index contributed by atoms with van der Waals surface area (Å²) in [5.74, 6) is -0.0512. The number of carbonyl (C=O) groups excluding carboxylic acids is 2. The van der Waals surface area contributed by atoms with E-state index in [1.807, 2.05) is 30.3 Å². The first kappa shape index (κ1) is 15.0. The first-order valence-corrected chi connectivity index (χ1v) is 8.54. The molecule has 0 spiro atoms. The Hall–Kier alpha value is -3.28. The molecular formula is C20H17N3O3. The highest BCUT2D eigenvalue weighted by atomic mass is 16.3. The topological polar surface area (TPSA) is 76.6 Å². The molecule has 3 aromatic rings. The summed E-state index contributed by atoms with van der Waals surface area (Å²) in [4.78, 5) is 31.7. The Bertz CT molecular complexity index is 1070. The van der Waals surface area contributed by atoms with Crippen LogP contribution in [0, 0.1) is 0 Å². The molecule has 2 atom stereocenters. The van der Waals surface area contributed by atoms with Gasteiger partial charge in [0, 0.05) is 30.1 Å². The summed E-state index contributed by atoms with van der Waals surface area (Å²) in [6.45, 7) is 0. The molecule has 3 amide bonds. The van der Waals surface area contributed by atoms with Crippen molar-refractivity contribution in [2.24, 2.45) is 0 Å². The van der Waals surface area contributed by atoms with Crippen molar-refractivity contribution in [1.29, 1.82) is 0 Å². The maximum absolute atomic E-state index is 12.8. The van der Waals surface area contributed by atoms with Gasteiger partial charge in [0.05, 0.1) is 0 Å². The lowest BCUT2D eigenvalue weighted by Crippen LogP contribution is -2.44. The smallest absolute Gasteiger partial charge is 0.328 e. The highest BCUT2D eigenvalue weighted by Crippen LogP contribution is 2.44. The predicted molar refractivity (Wildman–Crippen MR) is 95.7 cm³/mol. The standard InChI is InChI=1S/C20H17N3O3/c1-22-19(25)16-10-14-13-7-2-3-8-15(13)21-17(14)18(23(16)20(22)26)11-5-4-6-12(24)9-11/h2-9,16,18,21,24H,10H2,1H3. The number of carbonyl (C=O) groups is 2. The zero-order chi connectivity index (χ0) is 18.0. The maximum Gasteiger partial charge on any atom is 0.328 e. The second kappa shape index (κ2) is 5.11. The van der Waals surface area contributed by atoms with E-state index in [0.29, 0.717) is 6.42 Å². The average Bonchev–Trinajstić information content (AvgIpc) is 3.12. The van der Waals surface area contributed by atoms with Gasteiger partial charge in [-0.15, -0.1) is 0 Å². The number of rotatable bonds is 1. The number of imide groups is 1. The van der Waals surface area contributed by atoms with Gasteiger partial charge in [0.1, 0.15) is 17.8 Å². The number of urea groups is 1. The molecule has 0 radical (unpaired) electrons. The van der Waals surface area contributed by atoms with Gasteiger partial charge in [-0.1, -0.05) is 30.3 Å². The predicted octanol–water partition coefficient (Wildman–Crippen LogP) is 2.78. The van der Waals surface area contributed by atoms with E-state index >= 15 is 0 Å². The molecule has 6 nitrogen and oxygen atoms in total. The van der Waals surface area contributed by atoms with Crippen LogP contribution in [0.25, 0.3) is 10.9 Å². The van der Waals surface area contributed by atoms with Gasteiger partial charge in [-0.3, -0.25) is 14.6 Å². The number of aromatic amines is 1. The van der Waals surface area contributed by atoms with Gasteiger partial charge in [0.25, 0.3) is 5.91 Å². The van der Waals surface area contributed by atoms with Crippen molar-refractivity contribution in [2.45, 2.75) is 18.5 Å². The second-order valence-electron chi connectivity index (χ2n) is 6.87.